The molecule has 0 amide bonds. The molecule has 1 N–H and O–H groups in total. The van der Waals surface area contributed by atoms with Gasteiger partial charge >= 0.3 is 0 Å². The van der Waals surface area contributed by atoms with Gasteiger partial charge in [-0.1, -0.05) is 13.8 Å². The standard InChI is InChI=1S/C18H24N6O.C13H19N5.C5H5NO/c1-14-5-9-23(18(6-7-19)11-25-12-18)10-16(14)22(2)17-15-4-3-8-24(15)21-13-20-17;1-10-5-6-14-8-12(10)17(2)13-11-4-3-7-18(11)16-9-15-13;6-2-1-5-3-7-4-5/h3-4,8,13-14,16H,5-6,9-12H2,1-2H3;3-4,7,9-10,12,14H,5-6,8H2,1-2H3;1H,3-4H2/t14-,16+;10-,12+;/m11./s1. The zero-order valence-corrected chi connectivity index (χ0v) is 29.5. The number of aromatic nitrogens is 6. The van der Waals surface area contributed by atoms with Crippen molar-refractivity contribution >= 4 is 22.7 Å². The molecule has 14 heteroatoms. The second-order valence-corrected chi connectivity index (χ2v) is 13.9. The van der Waals surface area contributed by atoms with E-state index < -0.39 is 0 Å². The predicted octanol–water partition coefficient (Wildman–Crippen LogP) is 3.19. The van der Waals surface area contributed by atoms with Crippen molar-refractivity contribution < 1.29 is 9.47 Å². The molecule has 8 rings (SSSR count). The molecule has 4 fully saturated rings. The molecule has 0 unspecified atom stereocenters. The van der Waals surface area contributed by atoms with Crippen molar-refractivity contribution in [2.24, 2.45) is 11.8 Å². The van der Waals surface area contributed by atoms with Gasteiger partial charge in [0, 0.05) is 57.7 Å². The smallest absolute Gasteiger partial charge is 0.156 e. The highest BCUT2D eigenvalue weighted by Gasteiger charge is 2.47. The average molecular weight is 681 g/mol. The molecule has 4 aromatic heterocycles. The van der Waals surface area contributed by atoms with Gasteiger partial charge in [-0.2, -0.15) is 20.7 Å². The monoisotopic (exact) mass is 680 g/mol. The highest BCUT2D eigenvalue weighted by molar-refractivity contribution is 5.69. The second-order valence-electron chi connectivity index (χ2n) is 13.9. The van der Waals surface area contributed by atoms with Crippen LogP contribution in [0.25, 0.3) is 11.0 Å². The molecular weight excluding hydrogens is 632 g/mol. The fourth-order valence-electron chi connectivity index (χ4n) is 7.31. The summed E-state index contributed by atoms with van der Waals surface area (Å²) in [7, 11) is 4.25. The third-order valence-corrected chi connectivity index (χ3v) is 10.7. The SMILES string of the molecule is C[C@@H]1CCN(C2(CC#N)COC2)C[C@@H]1N(C)c1ncnn2cccc12.C[C@@H]1CCNC[C@@H]1N(C)c1ncnn2cccc12.N#CC=C1COC1. The summed E-state index contributed by atoms with van der Waals surface area (Å²) in [4.78, 5) is 16.0. The molecule has 50 heavy (non-hydrogen) atoms. The Morgan fingerprint density at radius 3 is 2.04 bits per heavy atom. The third-order valence-electron chi connectivity index (χ3n) is 10.7. The van der Waals surface area contributed by atoms with Crippen molar-refractivity contribution in [2.75, 3.05) is 76.5 Å². The summed E-state index contributed by atoms with van der Waals surface area (Å²) in [5, 5.41) is 29.2. The second kappa shape index (κ2) is 16.0. The zero-order valence-electron chi connectivity index (χ0n) is 29.5. The van der Waals surface area contributed by atoms with E-state index in [-0.39, 0.29) is 5.54 Å². The Bertz CT molecular complexity index is 1830. The lowest BCUT2D eigenvalue weighted by molar-refractivity contribution is -0.147. The highest BCUT2D eigenvalue weighted by atomic mass is 16.5. The van der Waals surface area contributed by atoms with Gasteiger partial charge in [-0.3, -0.25) is 4.90 Å². The van der Waals surface area contributed by atoms with Crippen molar-refractivity contribution in [2.45, 2.75) is 50.7 Å². The lowest BCUT2D eigenvalue weighted by Crippen LogP contribution is -2.67. The number of nitriles is 2. The van der Waals surface area contributed by atoms with Gasteiger partial charge in [-0.15, -0.1) is 0 Å². The molecule has 4 saturated heterocycles. The number of likely N-dealkylation sites (tertiary alicyclic amines) is 1. The van der Waals surface area contributed by atoms with Gasteiger partial charge < -0.3 is 24.6 Å². The predicted molar refractivity (Wildman–Crippen MR) is 191 cm³/mol. The lowest BCUT2D eigenvalue weighted by atomic mass is 9.84. The summed E-state index contributed by atoms with van der Waals surface area (Å²) in [6.45, 7) is 11.4. The molecule has 0 spiro atoms. The number of hydrogen-bond donors (Lipinski definition) is 1. The molecule has 0 bridgehead atoms. The molecule has 0 aliphatic carbocycles. The number of fused-ring (bicyclic) bond motifs is 2. The molecule has 0 radical (unpaired) electrons. The maximum atomic E-state index is 9.23. The van der Waals surface area contributed by atoms with Crippen LogP contribution < -0.4 is 15.1 Å². The number of nitrogens with one attached hydrogen (secondary N) is 1. The van der Waals surface area contributed by atoms with E-state index in [4.69, 9.17) is 14.7 Å². The van der Waals surface area contributed by atoms with Crippen LogP contribution in [0.15, 0.2) is 61.0 Å². The van der Waals surface area contributed by atoms with Crippen LogP contribution in [0.1, 0.15) is 33.1 Å². The highest BCUT2D eigenvalue weighted by Crippen LogP contribution is 2.35. The minimum atomic E-state index is -0.0932. The fraction of sp³-hybridized carbons (Fsp3) is 0.556. The first-order chi connectivity index (χ1) is 24.3. The summed E-state index contributed by atoms with van der Waals surface area (Å²) >= 11 is 0. The van der Waals surface area contributed by atoms with Crippen LogP contribution in [0.3, 0.4) is 0 Å². The lowest BCUT2D eigenvalue weighted by Gasteiger charge is -2.53. The van der Waals surface area contributed by atoms with Gasteiger partial charge in [0.25, 0.3) is 0 Å². The summed E-state index contributed by atoms with van der Waals surface area (Å²) in [5.41, 5.74) is 3.10. The van der Waals surface area contributed by atoms with E-state index in [1.807, 2.05) is 45.7 Å². The van der Waals surface area contributed by atoms with E-state index in [1.54, 1.807) is 12.7 Å². The molecule has 0 aromatic carbocycles. The van der Waals surface area contributed by atoms with Crippen molar-refractivity contribution in [3.8, 4) is 12.1 Å². The van der Waals surface area contributed by atoms with Crippen LogP contribution in [0.4, 0.5) is 11.6 Å². The topological polar surface area (TPSA) is 148 Å². The number of allylic oxidation sites excluding steroid dienone is 1. The number of hydrogen-bond acceptors (Lipinski definition) is 12. The van der Waals surface area contributed by atoms with Crippen molar-refractivity contribution in [3.63, 3.8) is 0 Å². The summed E-state index contributed by atoms with van der Waals surface area (Å²) < 4.78 is 14.0. The average Bonchev–Trinajstić information content (AvgIpc) is 3.79. The largest absolute Gasteiger partial charge is 0.377 e. The van der Waals surface area contributed by atoms with E-state index in [0.29, 0.717) is 56.8 Å². The van der Waals surface area contributed by atoms with Crippen LogP contribution in [-0.4, -0.2) is 118 Å². The van der Waals surface area contributed by atoms with Crippen molar-refractivity contribution in [1.29, 1.82) is 10.5 Å². The number of ether oxygens (including phenoxy) is 2. The van der Waals surface area contributed by atoms with E-state index in [9.17, 15) is 5.26 Å². The number of anilines is 2. The van der Waals surface area contributed by atoms with Gasteiger partial charge in [-0.25, -0.2) is 19.0 Å². The maximum Gasteiger partial charge on any atom is 0.156 e. The summed E-state index contributed by atoms with van der Waals surface area (Å²) in [5.74, 6) is 3.21. The Kier molecular flexibility index (Phi) is 11.2. The van der Waals surface area contributed by atoms with Crippen LogP contribution in [0, 0.1) is 34.5 Å². The molecule has 0 saturated carbocycles. The fourth-order valence-corrected chi connectivity index (χ4v) is 7.31. The van der Waals surface area contributed by atoms with Crippen LogP contribution >= 0.6 is 0 Å². The van der Waals surface area contributed by atoms with Gasteiger partial charge in [0.2, 0.25) is 0 Å². The summed E-state index contributed by atoms with van der Waals surface area (Å²) in [6, 6.07) is 13.2. The Hall–Kier alpha value is -4.60. The van der Waals surface area contributed by atoms with Gasteiger partial charge in [0.15, 0.2) is 11.6 Å². The molecule has 8 heterocycles. The maximum absolute atomic E-state index is 9.23. The molecule has 4 aliphatic heterocycles. The Balaban J connectivity index is 0.000000150. The molecule has 14 nitrogen and oxygen atoms in total. The van der Waals surface area contributed by atoms with Crippen LogP contribution in [-0.2, 0) is 9.47 Å². The Morgan fingerprint density at radius 2 is 1.54 bits per heavy atom. The van der Waals surface area contributed by atoms with Gasteiger partial charge in [0.1, 0.15) is 23.7 Å². The molecular formula is C36H48N12O2. The van der Waals surface area contributed by atoms with Crippen LogP contribution in [0.2, 0.25) is 0 Å². The first kappa shape index (κ1) is 35.2. The Morgan fingerprint density at radius 1 is 0.920 bits per heavy atom. The number of likely N-dealkylation sites (N-methyl/N-ethyl adjacent to an activating group) is 2. The van der Waals surface area contributed by atoms with E-state index >= 15 is 0 Å². The van der Waals surface area contributed by atoms with Gasteiger partial charge in [-0.05, 0) is 67.6 Å². The molecule has 4 atom stereocenters. The minimum Gasteiger partial charge on any atom is -0.377 e. The van der Waals surface area contributed by atoms with E-state index in [1.165, 1.54) is 12.5 Å². The first-order valence-corrected chi connectivity index (χ1v) is 17.4. The normalized spacial score (nSPS) is 24.2. The molecule has 264 valence electrons. The number of rotatable bonds is 6. The third kappa shape index (κ3) is 7.44. The number of piperidine rings is 2. The first-order valence-electron chi connectivity index (χ1n) is 17.4. The van der Waals surface area contributed by atoms with Crippen molar-refractivity contribution in [1.82, 2.24) is 39.4 Å². The quantitative estimate of drug-likeness (QED) is 0.298. The van der Waals surface area contributed by atoms with E-state index in [2.05, 4.69) is 80.3 Å². The van der Waals surface area contributed by atoms with Crippen molar-refractivity contribution in [3.05, 3.63) is 61.0 Å². The number of nitrogens with zero attached hydrogens (tertiary/aromatic N) is 11. The molecule has 4 aliphatic rings. The zero-order chi connectivity index (χ0) is 35.1. The van der Waals surface area contributed by atoms with Gasteiger partial charge in [0.05, 0.1) is 50.5 Å². The van der Waals surface area contributed by atoms with Crippen LogP contribution in [0.5, 0.6) is 0 Å². The van der Waals surface area contributed by atoms with E-state index in [0.717, 1.165) is 60.8 Å². The minimum absolute atomic E-state index is 0.0932. The molecule has 4 aromatic rings. The Labute approximate surface area is 293 Å². The summed E-state index contributed by atoms with van der Waals surface area (Å²) in [6.07, 6.45) is 11.5.